The standard InChI is InChI=1S/C17H19NO3S/c1-21-16-11-7-14(8-12-16)13-18(15-9-10-15)22(19,20)17-5-3-2-4-6-17/h2-8,11-12,15H,9-10,13H2,1H3. The van der Waals surface area contributed by atoms with Gasteiger partial charge in [0.2, 0.25) is 10.0 Å². The lowest BCUT2D eigenvalue weighted by Gasteiger charge is -2.22. The van der Waals surface area contributed by atoms with E-state index in [1.807, 2.05) is 30.3 Å². The molecule has 1 aliphatic carbocycles. The summed E-state index contributed by atoms with van der Waals surface area (Å²) in [6.07, 6.45) is 1.87. The van der Waals surface area contributed by atoms with E-state index in [1.165, 1.54) is 0 Å². The predicted octanol–water partition coefficient (Wildman–Crippen LogP) is 3.05. The van der Waals surface area contributed by atoms with Crippen molar-refractivity contribution in [3.8, 4) is 5.75 Å². The van der Waals surface area contributed by atoms with Gasteiger partial charge >= 0.3 is 0 Å². The third kappa shape index (κ3) is 3.15. The quantitative estimate of drug-likeness (QED) is 0.822. The fourth-order valence-electron chi connectivity index (χ4n) is 2.41. The third-order valence-electron chi connectivity index (χ3n) is 3.80. The Labute approximate surface area is 131 Å². The normalized spacial score (nSPS) is 15.0. The van der Waals surface area contributed by atoms with E-state index < -0.39 is 10.0 Å². The van der Waals surface area contributed by atoms with Crippen LogP contribution in [0.1, 0.15) is 18.4 Å². The van der Waals surface area contributed by atoms with Crippen LogP contribution in [0.5, 0.6) is 5.75 Å². The van der Waals surface area contributed by atoms with E-state index in [2.05, 4.69) is 0 Å². The Kier molecular flexibility index (Phi) is 4.18. The minimum atomic E-state index is -3.45. The van der Waals surface area contributed by atoms with Crippen LogP contribution in [0.2, 0.25) is 0 Å². The smallest absolute Gasteiger partial charge is 0.243 e. The number of hydrogen-bond donors (Lipinski definition) is 0. The zero-order valence-electron chi connectivity index (χ0n) is 12.5. The molecule has 0 spiro atoms. The van der Waals surface area contributed by atoms with Crippen molar-refractivity contribution >= 4 is 10.0 Å². The van der Waals surface area contributed by atoms with Crippen LogP contribution in [0, 0.1) is 0 Å². The first kappa shape index (κ1) is 15.1. The third-order valence-corrected chi connectivity index (χ3v) is 5.71. The van der Waals surface area contributed by atoms with Gasteiger partial charge in [0.15, 0.2) is 0 Å². The second-order valence-corrected chi connectivity index (χ2v) is 7.33. The second kappa shape index (κ2) is 6.10. The van der Waals surface area contributed by atoms with Gasteiger partial charge < -0.3 is 4.74 Å². The van der Waals surface area contributed by atoms with E-state index in [9.17, 15) is 8.42 Å². The van der Waals surface area contributed by atoms with Crippen LogP contribution in [0.4, 0.5) is 0 Å². The molecule has 5 heteroatoms. The zero-order valence-corrected chi connectivity index (χ0v) is 13.3. The number of benzene rings is 2. The summed E-state index contributed by atoms with van der Waals surface area (Å²) < 4.78 is 32.4. The molecule has 1 fully saturated rings. The average molecular weight is 317 g/mol. The van der Waals surface area contributed by atoms with Crippen LogP contribution >= 0.6 is 0 Å². The number of ether oxygens (including phenoxy) is 1. The van der Waals surface area contributed by atoms with Crippen LogP contribution in [-0.2, 0) is 16.6 Å². The molecule has 22 heavy (non-hydrogen) atoms. The highest BCUT2D eigenvalue weighted by Crippen LogP contribution is 2.33. The van der Waals surface area contributed by atoms with Crippen molar-refractivity contribution in [1.29, 1.82) is 0 Å². The Morgan fingerprint density at radius 1 is 1.05 bits per heavy atom. The fourth-order valence-corrected chi connectivity index (χ4v) is 4.11. The molecule has 0 aliphatic heterocycles. The topological polar surface area (TPSA) is 46.6 Å². The maximum Gasteiger partial charge on any atom is 0.243 e. The average Bonchev–Trinajstić information content (AvgIpc) is 3.38. The summed E-state index contributed by atoms with van der Waals surface area (Å²) >= 11 is 0. The Balaban J connectivity index is 1.86. The van der Waals surface area contributed by atoms with E-state index >= 15 is 0 Å². The van der Waals surface area contributed by atoms with Gasteiger partial charge in [-0.25, -0.2) is 8.42 Å². The van der Waals surface area contributed by atoms with Gasteiger partial charge in [-0.05, 0) is 42.7 Å². The summed E-state index contributed by atoms with van der Waals surface area (Å²) in [4.78, 5) is 0.357. The fraction of sp³-hybridized carbons (Fsp3) is 0.294. The largest absolute Gasteiger partial charge is 0.497 e. The molecule has 116 valence electrons. The molecule has 0 aromatic heterocycles. The van der Waals surface area contributed by atoms with Crippen molar-refractivity contribution in [3.63, 3.8) is 0 Å². The van der Waals surface area contributed by atoms with E-state index in [0.717, 1.165) is 24.2 Å². The van der Waals surface area contributed by atoms with Gasteiger partial charge in [0.25, 0.3) is 0 Å². The Hall–Kier alpha value is -1.85. The maximum atomic E-state index is 12.8. The molecule has 0 bridgehead atoms. The molecule has 0 saturated heterocycles. The molecule has 0 atom stereocenters. The van der Waals surface area contributed by atoms with Gasteiger partial charge in [-0.15, -0.1) is 0 Å². The van der Waals surface area contributed by atoms with Crippen molar-refractivity contribution in [2.24, 2.45) is 0 Å². The van der Waals surface area contributed by atoms with E-state index in [4.69, 9.17) is 4.74 Å². The molecule has 4 nitrogen and oxygen atoms in total. The first-order chi connectivity index (χ1) is 10.6. The summed E-state index contributed by atoms with van der Waals surface area (Å²) in [7, 11) is -1.83. The highest BCUT2D eigenvalue weighted by atomic mass is 32.2. The van der Waals surface area contributed by atoms with Crippen LogP contribution < -0.4 is 4.74 Å². The zero-order chi connectivity index (χ0) is 15.6. The highest BCUT2D eigenvalue weighted by Gasteiger charge is 2.37. The molecule has 0 heterocycles. The molecule has 0 N–H and O–H groups in total. The van der Waals surface area contributed by atoms with E-state index in [-0.39, 0.29) is 6.04 Å². The molecule has 3 rings (SSSR count). The number of hydrogen-bond acceptors (Lipinski definition) is 3. The van der Waals surface area contributed by atoms with Gasteiger partial charge in [-0.3, -0.25) is 0 Å². The number of methoxy groups -OCH3 is 1. The highest BCUT2D eigenvalue weighted by molar-refractivity contribution is 7.89. The first-order valence-corrected chi connectivity index (χ1v) is 8.75. The Morgan fingerprint density at radius 2 is 1.68 bits per heavy atom. The van der Waals surface area contributed by atoms with Gasteiger partial charge in [-0.1, -0.05) is 30.3 Å². The molecule has 0 radical (unpaired) electrons. The van der Waals surface area contributed by atoms with Crippen molar-refractivity contribution in [2.45, 2.75) is 30.3 Å². The van der Waals surface area contributed by atoms with Crippen molar-refractivity contribution in [2.75, 3.05) is 7.11 Å². The molecule has 0 unspecified atom stereocenters. The van der Waals surface area contributed by atoms with Crippen LogP contribution in [0.25, 0.3) is 0 Å². The number of rotatable bonds is 6. The summed E-state index contributed by atoms with van der Waals surface area (Å²) in [5, 5.41) is 0. The van der Waals surface area contributed by atoms with Gasteiger partial charge in [0, 0.05) is 12.6 Å². The van der Waals surface area contributed by atoms with Crippen LogP contribution in [-0.4, -0.2) is 25.9 Å². The van der Waals surface area contributed by atoms with Gasteiger partial charge in [0.05, 0.1) is 12.0 Å². The van der Waals surface area contributed by atoms with Crippen LogP contribution in [0.3, 0.4) is 0 Å². The molecular formula is C17H19NO3S. The van der Waals surface area contributed by atoms with Crippen molar-refractivity contribution in [1.82, 2.24) is 4.31 Å². The molecule has 2 aromatic rings. The Morgan fingerprint density at radius 3 is 2.23 bits per heavy atom. The molecule has 1 aliphatic rings. The van der Waals surface area contributed by atoms with E-state index in [0.29, 0.717) is 11.4 Å². The SMILES string of the molecule is COc1ccc(CN(C2CC2)S(=O)(=O)c2ccccc2)cc1. The number of nitrogens with zero attached hydrogens (tertiary/aromatic N) is 1. The lowest BCUT2D eigenvalue weighted by atomic mass is 10.2. The van der Waals surface area contributed by atoms with Crippen molar-refractivity contribution < 1.29 is 13.2 Å². The maximum absolute atomic E-state index is 12.8. The Bertz CT molecular complexity index is 722. The van der Waals surface area contributed by atoms with Gasteiger partial charge in [-0.2, -0.15) is 4.31 Å². The lowest BCUT2D eigenvalue weighted by Crippen LogP contribution is -2.32. The van der Waals surface area contributed by atoms with Crippen LogP contribution in [0.15, 0.2) is 59.5 Å². The summed E-state index contributed by atoms with van der Waals surface area (Å²) in [6, 6.07) is 16.3. The molecule has 2 aromatic carbocycles. The van der Waals surface area contributed by atoms with Gasteiger partial charge in [0.1, 0.15) is 5.75 Å². The molecule has 1 saturated carbocycles. The summed E-state index contributed by atoms with van der Waals surface area (Å²) in [6.45, 7) is 0.395. The molecule has 0 amide bonds. The van der Waals surface area contributed by atoms with E-state index in [1.54, 1.807) is 35.7 Å². The first-order valence-electron chi connectivity index (χ1n) is 7.31. The lowest BCUT2D eigenvalue weighted by molar-refractivity contribution is 0.397. The predicted molar refractivity (Wildman–Crippen MR) is 85.2 cm³/mol. The summed E-state index contributed by atoms with van der Waals surface area (Å²) in [5.41, 5.74) is 0.965. The monoisotopic (exact) mass is 317 g/mol. The van der Waals surface area contributed by atoms with Crippen molar-refractivity contribution in [3.05, 3.63) is 60.2 Å². The minimum absolute atomic E-state index is 0.118. The summed E-state index contributed by atoms with van der Waals surface area (Å²) in [5.74, 6) is 0.771. The molecular weight excluding hydrogens is 298 g/mol. The number of sulfonamides is 1. The minimum Gasteiger partial charge on any atom is -0.497 e. The second-order valence-electron chi connectivity index (χ2n) is 5.44.